The number of carbonyl (C=O) groups is 1. The molecule has 0 fully saturated rings. The van der Waals surface area contributed by atoms with Crippen molar-refractivity contribution in [2.45, 2.75) is 12.5 Å². The van der Waals surface area contributed by atoms with Gasteiger partial charge in [-0.25, -0.2) is 4.79 Å². The normalized spacial score (nSPS) is 15.2. The number of nitrogens with two attached hydrogens (primary N) is 1. The highest BCUT2D eigenvalue weighted by Gasteiger charge is 2.31. The van der Waals surface area contributed by atoms with Crippen LogP contribution in [0.25, 0.3) is 0 Å². The Kier molecular flexibility index (Phi) is 2.10. The van der Waals surface area contributed by atoms with Crippen LogP contribution in [-0.4, -0.2) is 16.1 Å². The van der Waals surface area contributed by atoms with Gasteiger partial charge in [-0.15, -0.1) is 0 Å². The predicted molar refractivity (Wildman–Crippen MR) is 43.4 cm³/mol. The summed E-state index contributed by atoms with van der Waals surface area (Å²) in [6, 6.07) is 5.01. The molecular formula is C8H10N2O2. The molecule has 1 aromatic rings. The highest BCUT2D eigenvalue weighted by Crippen LogP contribution is 2.13. The summed E-state index contributed by atoms with van der Waals surface area (Å²) in [4.78, 5) is 14.5. The summed E-state index contributed by atoms with van der Waals surface area (Å²) in [5, 5.41) is 8.73. The molecule has 1 atom stereocenters. The smallest absolute Gasteiger partial charge is 0.329 e. The Bertz CT molecular complexity index is 282. The molecule has 0 aromatic carbocycles. The lowest BCUT2D eigenvalue weighted by molar-refractivity contribution is -0.143. The van der Waals surface area contributed by atoms with Crippen molar-refractivity contribution in [3.05, 3.63) is 30.1 Å². The van der Waals surface area contributed by atoms with E-state index in [1.807, 2.05) is 0 Å². The van der Waals surface area contributed by atoms with E-state index >= 15 is 0 Å². The molecule has 0 bridgehead atoms. The minimum absolute atomic E-state index is 0.359. The third-order valence-electron chi connectivity index (χ3n) is 1.64. The maximum Gasteiger partial charge on any atom is 0.329 e. The van der Waals surface area contributed by atoms with Crippen LogP contribution < -0.4 is 5.73 Å². The van der Waals surface area contributed by atoms with Crippen LogP contribution in [0.2, 0.25) is 0 Å². The molecule has 0 radical (unpaired) electrons. The van der Waals surface area contributed by atoms with E-state index in [9.17, 15) is 4.79 Å². The lowest BCUT2D eigenvalue weighted by Gasteiger charge is -2.17. The first-order valence-electron chi connectivity index (χ1n) is 3.49. The number of carboxylic acid groups (broad SMARTS) is 1. The van der Waals surface area contributed by atoms with Gasteiger partial charge in [0, 0.05) is 6.20 Å². The van der Waals surface area contributed by atoms with Crippen molar-refractivity contribution in [3.8, 4) is 0 Å². The average Bonchev–Trinajstić information content (AvgIpc) is 2.06. The minimum atomic E-state index is -1.40. The average molecular weight is 166 g/mol. The summed E-state index contributed by atoms with van der Waals surface area (Å²) >= 11 is 0. The molecule has 0 saturated carbocycles. The van der Waals surface area contributed by atoms with Gasteiger partial charge in [0.25, 0.3) is 0 Å². The van der Waals surface area contributed by atoms with Crippen LogP contribution in [-0.2, 0) is 10.3 Å². The van der Waals surface area contributed by atoms with Crippen molar-refractivity contribution in [3.63, 3.8) is 0 Å². The predicted octanol–water partition coefficient (Wildman–Crippen LogP) is 0.340. The van der Waals surface area contributed by atoms with Crippen molar-refractivity contribution in [2.75, 3.05) is 0 Å². The summed E-state index contributed by atoms with van der Waals surface area (Å²) in [7, 11) is 0. The number of nitrogens with zero attached hydrogens (tertiary/aromatic N) is 1. The van der Waals surface area contributed by atoms with Gasteiger partial charge in [-0.1, -0.05) is 6.07 Å². The zero-order valence-electron chi connectivity index (χ0n) is 6.69. The lowest BCUT2D eigenvalue weighted by atomic mass is 9.99. The fourth-order valence-electron chi connectivity index (χ4n) is 0.780. The highest BCUT2D eigenvalue weighted by molar-refractivity contribution is 5.79. The molecule has 12 heavy (non-hydrogen) atoms. The molecule has 0 aliphatic carbocycles. The second-order valence-corrected chi connectivity index (χ2v) is 2.72. The molecule has 1 rings (SSSR count). The van der Waals surface area contributed by atoms with Gasteiger partial charge in [-0.05, 0) is 19.1 Å². The van der Waals surface area contributed by atoms with Crippen LogP contribution in [0.1, 0.15) is 12.6 Å². The van der Waals surface area contributed by atoms with Crippen molar-refractivity contribution in [1.82, 2.24) is 4.98 Å². The molecule has 1 heterocycles. The molecule has 0 aliphatic rings. The van der Waals surface area contributed by atoms with Gasteiger partial charge in [0.05, 0.1) is 5.69 Å². The largest absolute Gasteiger partial charge is 0.480 e. The first-order valence-corrected chi connectivity index (χ1v) is 3.49. The van der Waals surface area contributed by atoms with E-state index in [4.69, 9.17) is 10.8 Å². The van der Waals surface area contributed by atoms with Gasteiger partial charge >= 0.3 is 5.97 Å². The van der Waals surface area contributed by atoms with Crippen LogP contribution in [0.5, 0.6) is 0 Å². The van der Waals surface area contributed by atoms with Gasteiger partial charge in [-0.3, -0.25) is 4.98 Å². The SMILES string of the molecule is C[C@](N)(C(=O)O)c1ccccn1. The second-order valence-electron chi connectivity index (χ2n) is 2.72. The van der Waals surface area contributed by atoms with Crippen molar-refractivity contribution in [2.24, 2.45) is 5.73 Å². The van der Waals surface area contributed by atoms with E-state index in [1.165, 1.54) is 13.1 Å². The summed E-state index contributed by atoms with van der Waals surface area (Å²) in [6.07, 6.45) is 1.52. The number of aliphatic carboxylic acids is 1. The topological polar surface area (TPSA) is 76.2 Å². The van der Waals surface area contributed by atoms with Gasteiger partial charge in [-0.2, -0.15) is 0 Å². The first kappa shape index (κ1) is 8.67. The Labute approximate surface area is 70.0 Å². The van der Waals surface area contributed by atoms with E-state index < -0.39 is 11.5 Å². The monoisotopic (exact) mass is 166 g/mol. The fraction of sp³-hybridized carbons (Fsp3) is 0.250. The zero-order chi connectivity index (χ0) is 9.19. The van der Waals surface area contributed by atoms with Crippen LogP contribution in [0.3, 0.4) is 0 Å². The van der Waals surface area contributed by atoms with Gasteiger partial charge < -0.3 is 10.8 Å². The minimum Gasteiger partial charge on any atom is -0.480 e. The summed E-state index contributed by atoms with van der Waals surface area (Å²) < 4.78 is 0. The first-order chi connectivity index (χ1) is 5.55. The molecule has 0 unspecified atom stereocenters. The molecule has 0 amide bonds. The number of aromatic nitrogens is 1. The fourth-order valence-corrected chi connectivity index (χ4v) is 0.780. The molecule has 0 saturated heterocycles. The standard InChI is InChI=1S/C8H10N2O2/c1-8(9,7(11)12)6-4-2-3-5-10-6/h2-5H,9H2,1H3,(H,11,12)/t8-/m1/s1. The molecule has 0 aliphatic heterocycles. The Morgan fingerprint density at radius 3 is 2.75 bits per heavy atom. The van der Waals surface area contributed by atoms with Crippen LogP contribution in [0.15, 0.2) is 24.4 Å². The summed E-state index contributed by atoms with van der Waals surface area (Å²) in [5.74, 6) is -1.08. The van der Waals surface area contributed by atoms with Crippen molar-refractivity contribution < 1.29 is 9.90 Å². The zero-order valence-corrected chi connectivity index (χ0v) is 6.69. The molecular weight excluding hydrogens is 156 g/mol. The van der Waals surface area contributed by atoms with Crippen LogP contribution >= 0.6 is 0 Å². The second kappa shape index (κ2) is 2.91. The van der Waals surface area contributed by atoms with Crippen LogP contribution in [0.4, 0.5) is 0 Å². The maximum atomic E-state index is 10.7. The van der Waals surface area contributed by atoms with Gasteiger partial charge in [0.15, 0.2) is 5.54 Å². The van der Waals surface area contributed by atoms with E-state index in [0.717, 1.165) is 0 Å². The summed E-state index contributed by atoms with van der Waals surface area (Å²) in [6.45, 7) is 1.41. The van der Waals surface area contributed by atoms with Gasteiger partial charge in [0.1, 0.15) is 0 Å². The third-order valence-corrected chi connectivity index (χ3v) is 1.64. The van der Waals surface area contributed by atoms with E-state index in [1.54, 1.807) is 18.2 Å². The molecule has 64 valence electrons. The Balaban J connectivity index is 3.06. The number of hydrogen-bond acceptors (Lipinski definition) is 3. The van der Waals surface area contributed by atoms with Crippen molar-refractivity contribution >= 4 is 5.97 Å². The Hall–Kier alpha value is -1.42. The van der Waals surface area contributed by atoms with Gasteiger partial charge in [0.2, 0.25) is 0 Å². The number of hydrogen-bond donors (Lipinski definition) is 2. The highest BCUT2D eigenvalue weighted by atomic mass is 16.4. The molecule has 4 heteroatoms. The number of rotatable bonds is 2. The lowest BCUT2D eigenvalue weighted by Crippen LogP contribution is -2.42. The van der Waals surface area contributed by atoms with E-state index in [-0.39, 0.29) is 0 Å². The third kappa shape index (κ3) is 1.43. The number of pyridine rings is 1. The summed E-state index contributed by atoms with van der Waals surface area (Å²) in [5.41, 5.74) is 4.48. The molecule has 3 N–H and O–H groups in total. The van der Waals surface area contributed by atoms with Crippen LogP contribution in [0, 0.1) is 0 Å². The van der Waals surface area contributed by atoms with E-state index in [2.05, 4.69) is 4.98 Å². The Morgan fingerprint density at radius 1 is 1.67 bits per heavy atom. The quantitative estimate of drug-likeness (QED) is 0.664. The van der Waals surface area contributed by atoms with E-state index in [0.29, 0.717) is 5.69 Å². The van der Waals surface area contributed by atoms with Crippen molar-refractivity contribution in [1.29, 1.82) is 0 Å². The molecule has 4 nitrogen and oxygen atoms in total. The maximum absolute atomic E-state index is 10.7. The Morgan fingerprint density at radius 2 is 2.33 bits per heavy atom. The molecule has 0 spiro atoms. The molecule has 1 aromatic heterocycles. The number of carboxylic acids is 1.